The van der Waals surface area contributed by atoms with Gasteiger partial charge in [-0.3, -0.25) is 4.79 Å². The number of thioether (sulfide) groups is 1. The lowest BCUT2D eigenvalue weighted by atomic mass is 10.1. The molecule has 1 amide bonds. The number of benzene rings is 1. The lowest BCUT2D eigenvalue weighted by Gasteiger charge is -2.11. The minimum absolute atomic E-state index is 0.0543. The zero-order valence-corrected chi connectivity index (χ0v) is 11.3. The van der Waals surface area contributed by atoms with Crippen LogP contribution in [0.4, 0.5) is 0 Å². The van der Waals surface area contributed by atoms with Crippen LogP contribution < -0.4 is 5.32 Å². The molecule has 0 fully saturated rings. The maximum atomic E-state index is 11.4. The highest BCUT2D eigenvalue weighted by Gasteiger charge is 2.11. The normalized spacial score (nSPS) is 11.7. The molecule has 0 bridgehead atoms. The van der Waals surface area contributed by atoms with Gasteiger partial charge in [0.05, 0.1) is 23.5 Å². The van der Waals surface area contributed by atoms with Crippen molar-refractivity contribution < 1.29 is 9.90 Å². The molecule has 1 atom stereocenters. The Labute approximate surface area is 111 Å². The molecule has 0 spiro atoms. The average Bonchev–Trinajstić information content (AvgIpc) is 2.36. The number of aliphatic hydroxyl groups excluding tert-OH is 1. The molecule has 0 aliphatic rings. The van der Waals surface area contributed by atoms with Crippen molar-refractivity contribution in [1.82, 2.24) is 5.32 Å². The summed E-state index contributed by atoms with van der Waals surface area (Å²) in [5.41, 5.74) is 1.26. The van der Waals surface area contributed by atoms with Crippen molar-refractivity contribution in [2.75, 3.05) is 12.3 Å². The largest absolute Gasteiger partial charge is 0.389 e. The summed E-state index contributed by atoms with van der Waals surface area (Å²) in [7, 11) is 0. The van der Waals surface area contributed by atoms with E-state index in [1.807, 2.05) is 6.92 Å². The van der Waals surface area contributed by atoms with Crippen molar-refractivity contribution in [3.63, 3.8) is 0 Å². The topological polar surface area (TPSA) is 73.1 Å². The first-order chi connectivity index (χ1) is 8.58. The minimum atomic E-state index is -0.616. The SMILES string of the molecule is CCNC(=O)CSc1cc(C#N)ccc1C(C)O. The van der Waals surface area contributed by atoms with Gasteiger partial charge in [-0.25, -0.2) is 0 Å². The molecule has 0 radical (unpaired) electrons. The average molecular weight is 264 g/mol. The summed E-state index contributed by atoms with van der Waals surface area (Å²) in [6.07, 6.45) is -0.616. The summed E-state index contributed by atoms with van der Waals surface area (Å²) in [6, 6.07) is 7.14. The van der Waals surface area contributed by atoms with Crippen LogP contribution in [0.15, 0.2) is 23.1 Å². The molecule has 96 valence electrons. The first-order valence-corrected chi connectivity index (χ1v) is 6.68. The minimum Gasteiger partial charge on any atom is -0.389 e. The van der Waals surface area contributed by atoms with Crippen molar-refractivity contribution in [3.8, 4) is 6.07 Å². The number of hydrogen-bond acceptors (Lipinski definition) is 4. The highest BCUT2D eigenvalue weighted by Crippen LogP contribution is 2.28. The number of carbonyl (C=O) groups excluding carboxylic acids is 1. The molecular weight excluding hydrogens is 248 g/mol. The van der Waals surface area contributed by atoms with Crippen LogP contribution in [0.1, 0.15) is 31.1 Å². The highest BCUT2D eigenvalue weighted by atomic mass is 32.2. The Morgan fingerprint density at radius 1 is 1.61 bits per heavy atom. The Balaban J connectivity index is 2.85. The molecule has 2 N–H and O–H groups in total. The Bertz CT molecular complexity index is 467. The lowest BCUT2D eigenvalue weighted by Crippen LogP contribution is -2.24. The van der Waals surface area contributed by atoms with E-state index in [0.717, 1.165) is 10.5 Å². The van der Waals surface area contributed by atoms with Gasteiger partial charge < -0.3 is 10.4 Å². The maximum Gasteiger partial charge on any atom is 0.230 e. The summed E-state index contributed by atoms with van der Waals surface area (Å²) in [5, 5.41) is 21.2. The fraction of sp³-hybridized carbons (Fsp3) is 0.385. The zero-order chi connectivity index (χ0) is 13.5. The summed E-state index contributed by atoms with van der Waals surface area (Å²) in [5.74, 6) is 0.226. The summed E-state index contributed by atoms with van der Waals surface area (Å²) in [4.78, 5) is 12.2. The van der Waals surface area contributed by atoms with Gasteiger partial charge >= 0.3 is 0 Å². The third kappa shape index (κ3) is 4.06. The number of nitriles is 1. The van der Waals surface area contributed by atoms with Crippen LogP contribution in [0.5, 0.6) is 0 Å². The molecule has 0 aromatic heterocycles. The standard InChI is InChI=1S/C13H16N2O2S/c1-3-15-13(17)8-18-12-6-10(7-14)4-5-11(12)9(2)16/h4-6,9,16H,3,8H2,1-2H3,(H,15,17). The van der Waals surface area contributed by atoms with E-state index in [4.69, 9.17) is 5.26 Å². The predicted octanol–water partition coefficient (Wildman–Crippen LogP) is 1.84. The van der Waals surface area contributed by atoms with E-state index < -0.39 is 6.10 Å². The van der Waals surface area contributed by atoms with Crippen LogP contribution >= 0.6 is 11.8 Å². The molecule has 5 heteroatoms. The van der Waals surface area contributed by atoms with Gasteiger partial charge in [0.25, 0.3) is 0 Å². The first kappa shape index (κ1) is 14.6. The predicted molar refractivity (Wildman–Crippen MR) is 71.2 cm³/mol. The number of carbonyl (C=O) groups is 1. The van der Waals surface area contributed by atoms with Gasteiger partial charge in [-0.05, 0) is 31.5 Å². The Morgan fingerprint density at radius 2 is 2.33 bits per heavy atom. The van der Waals surface area contributed by atoms with Crippen LogP contribution in [0.3, 0.4) is 0 Å². The van der Waals surface area contributed by atoms with Crippen LogP contribution in [0.2, 0.25) is 0 Å². The second-order valence-corrected chi connectivity index (χ2v) is 4.80. The van der Waals surface area contributed by atoms with Gasteiger partial charge in [0.2, 0.25) is 5.91 Å². The van der Waals surface area contributed by atoms with Crippen LogP contribution in [-0.4, -0.2) is 23.3 Å². The van der Waals surface area contributed by atoms with Gasteiger partial charge in [-0.15, -0.1) is 11.8 Å². The molecule has 18 heavy (non-hydrogen) atoms. The van der Waals surface area contributed by atoms with Crippen molar-refractivity contribution in [3.05, 3.63) is 29.3 Å². The van der Waals surface area contributed by atoms with Crippen molar-refractivity contribution >= 4 is 17.7 Å². The molecule has 0 saturated heterocycles. The molecule has 0 heterocycles. The van der Waals surface area contributed by atoms with E-state index >= 15 is 0 Å². The van der Waals surface area contributed by atoms with Gasteiger partial charge in [-0.2, -0.15) is 5.26 Å². The summed E-state index contributed by atoms with van der Waals surface area (Å²) >= 11 is 1.33. The Hall–Kier alpha value is -1.51. The number of nitrogens with zero attached hydrogens (tertiary/aromatic N) is 1. The molecular formula is C13H16N2O2S. The van der Waals surface area contributed by atoms with Crippen molar-refractivity contribution in [1.29, 1.82) is 5.26 Å². The third-order valence-corrected chi connectivity index (χ3v) is 3.40. The van der Waals surface area contributed by atoms with Gasteiger partial charge in [-0.1, -0.05) is 6.07 Å². The molecule has 0 saturated carbocycles. The molecule has 1 aromatic rings. The smallest absolute Gasteiger partial charge is 0.230 e. The number of aliphatic hydroxyl groups is 1. The lowest BCUT2D eigenvalue weighted by molar-refractivity contribution is -0.118. The number of nitrogens with one attached hydrogen (secondary N) is 1. The monoisotopic (exact) mass is 264 g/mol. The Kier molecular flexibility index (Phi) is 5.69. The van der Waals surface area contributed by atoms with Crippen LogP contribution in [-0.2, 0) is 4.79 Å². The first-order valence-electron chi connectivity index (χ1n) is 5.70. The quantitative estimate of drug-likeness (QED) is 0.796. The molecule has 0 aliphatic heterocycles. The van der Waals surface area contributed by atoms with Crippen molar-refractivity contribution in [2.45, 2.75) is 24.8 Å². The molecule has 4 nitrogen and oxygen atoms in total. The Morgan fingerprint density at radius 3 is 2.89 bits per heavy atom. The van der Waals surface area contributed by atoms with Crippen LogP contribution in [0, 0.1) is 11.3 Å². The maximum absolute atomic E-state index is 11.4. The van der Waals surface area contributed by atoms with Gasteiger partial charge in [0.1, 0.15) is 0 Å². The molecule has 0 aliphatic carbocycles. The second kappa shape index (κ2) is 7.04. The van der Waals surface area contributed by atoms with E-state index in [2.05, 4.69) is 11.4 Å². The van der Waals surface area contributed by atoms with E-state index in [1.54, 1.807) is 25.1 Å². The van der Waals surface area contributed by atoms with Gasteiger partial charge in [0.15, 0.2) is 0 Å². The fourth-order valence-electron chi connectivity index (χ4n) is 1.47. The van der Waals surface area contributed by atoms with Crippen molar-refractivity contribution in [2.24, 2.45) is 0 Å². The molecule has 1 unspecified atom stereocenters. The van der Waals surface area contributed by atoms with E-state index in [0.29, 0.717) is 12.1 Å². The molecule has 1 rings (SSSR count). The fourth-order valence-corrected chi connectivity index (χ4v) is 2.47. The second-order valence-electron chi connectivity index (χ2n) is 3.78. The van der Waals surface area contributed by atoms with Gasteiger partial charge in [0, 0.05) is 11.4 Å². The highest BCUT2D eigenvalue weighted by molar-refractivity contribution is 8.00. The van der Waals surface area contributed by atoms with E-state index in [9.17, 15) is 9.90 Å². The third-order valence-electron chi connectivity index (χ3n) is 2.33. The number of rotatable bonds is 5. The number of amides is 1. The van der Waals surface area contributed by atoms with E-state index in [1.165, 1.54) is 11.8 Å². The summed E-state index contributed by atoms with van der Waals surface area (Å²) in [6.45, 7) is 4.12. The zero-order valence-electron chi connectivity index (χ0n) is 10.4. The summed E-state index contributed by atoms with van der Waals surface area (Å²) < 4.78 is 0. The number of hydrogen-bond donors (Lipinski definition) is 2. The van der Waals surface area contributed by atoms with E-state index in [-0.39, 0.29) is 11.7 Å². The van der Waals surface area contributed by atoms with Crippen LogP contribution in [0.25, 0.3) is 0 Å². The molecule has 1 aromatic carbocycles.